The first-order valence-corrected chi connectivity index (χ1v) is 9.75. The van der Waals surface area contributed by atoms with Crippen LogP contribution in [0.1, 0.15) is 25.6 Å². The highest BCUT2D eigenvalue weighted by molar-refractivity contribution is 7.26. The number of esters is 1. The van der Waals surface area contributed by atoms with Crippen molar-refractivity contribution in [1.29, 1.82) is 0 Å². The number of nitrogens with zero attached hydrogens (tertiary/aromatic N) is 1. The molecule has 0 aliphatic carbocycles. The lowest BCUT2D eigenvalue weighted by atomic mass is 10.1. The van der Waals surface area contributed by atoms with Crippen molar-refractivity contribution in [3.63, 3.8) is 0 Å². The fourth-order valence-electron chi connectivity index (χ4n) is 2.57. The van der Waals surface area contributed by atoms with Gasteiger partial charge in [0.05, 0.1) is 15.1 Å². The Labute approximate surface area is 163 Å². The maximum atomic E-state index is 12.3. The van der Waals surface area contributed by atoms with Crippen LogP contribution in [0.3, 0.4) is 0 Å². The molecule has 4 rings (SSSR count). The third kappa shape index (κ3) is 3.74. The monoisotopic (exact) mass is 394 g/mol. The summed E-state index contributed by atoms with van der Waals surface area (Å²) in [4.78, 5) is 29.6. The van der Waals surface area contributed by atoms with Gasteiger partial charge in [-0.15, -0.1) is 22.7 Å². The maximum Gasteiger partial charge on any atom is 0.348 e. The van der Waals surface area contributed by atoms with E-state index in [1.807, 2.05) is 30.3 Å². The number of para-hydroxylation sites is 1. The zero-order chi connectivity index (χ0) is 18.8. The van der Waals surface area contributed by atoms with Gasteiger partial charge in [-0.25, -0.2) is 9.78 Å². The summed E-state index contributed by atoms with van der Waals surface area (Å²) in [7, 11) is 0. The number of aromatic nitrogens is 1. The van der Waals surface area contributed by atoms with Gasteiger partial charge in [-0.1, -0.05) is 24.3 Å². The Hall–Kier alpha value is -3.03. The van der Waals surface area contributed by atoms with Crippen LogP contribution in [-0.4, -0.2) is 16.9 Å². The molecule has 0 aliphatic heterocycles. The minimum absolute atomic E-state index is 0.0777. The minimum Gasteiger partial charge on any atom is -0.457 e. The lowest BCUT2D eigenvalue weighted by Crippen LogP contribution is -2.11. The summed E-state index contributed by atoms with van der Waals surface area (Å²) in [5.74, 6) is -0.918. The van der Waals surface area contributed by atoms with E-state index in [1.165, 1.54) is 11.3 Å². The first-order valence-electron chi connectivity index (χ1n) is 8.12. The third-order valence-electron chi connectivity index (χ3n) is 3.89. The number of carbonyl (C=O) groups excluding carboxylic acids is 2. The average molecular weight is 394 g/mol. The van der Waals surface area contributed by atoms with E-state index in [0.717, 1.165) is 20.1 Å². The van der Waals surface area contributed by atoms with E-state index in [0.29, 0.717) is 16.0 Å². The van der Waals surface area contributed by atoms with E-state index in [-0.39, 0.29) is 6.61 Å². The van der Waals surface area contributed by atoms with Crippen molar-refractivity contribution in [2.24, 2.45) is 5.73 Å². The average Bonchev–Trinajstić information content (AvgIpc) is 3.33. The maximum absolute atomic E-state index is 12.3. The molecule has 4 aromatic rings. The third-order valence-corrected chi connectivity index (χ3v) is 6.16. The number of fused-ring (bicyclic) bond motifs is 1. The number of benzene rings is 2. The van der Waals surface area contributed by atoms with E-state index in [2.05, 4.69) is 4.98 Å². The molecule has 134 valence electrons. The van der Waals surface area contributed by atoms with Crippen LogP contribution in [0.25, 0.3) is 20.1 Å². The van der Waals surface area contributed by atoms with E-state index in [9.17, 15) is 9.59 Å². The van der Waals surface area contributed by atoms with Gasteiger partial charge in [-0.2, -0.15) is 0 Å². The van der Waals surface area contributed by atoms with Crippen LogP contribution in [0.4, 0.5) is 0 Å². The van der Waals surface area contributed by atoms with E-state index >= 15 is 0 Å². The lowest BCUT2D eigenvalue weighted by Gasteiger charge is -2.04. The summed E-state index contributed by atoms with van der Waals surface area (Å²) in [5.41, 5.74) is 7.31. The Bertz CT molecular complexity index is 1110. The van der Waals surface area contributed by atoms with E-state index in [1.54, 1.807) is 41.7 Å². The number of nitrogens with two attached hydrogens (primary N) is 1. The number of thiazole rings is 1. The summed E-state index contributed by atoms with van der Waals surface area (Å²) < 4.78 is 6.47. The molecule has 0 radical (unpaired) electrons. The lowest BCUT2D eigenvalue weighted by molar-refractivity contribution is 0.0478. The highest BCUT2D eigenvalue weighted by atomic mass is 32.1. The number of hydrogen-bond donors (Lipinski definition) is 1. The molecule has 0 unspecified atom stereocenters. The summed E-state index contributed by atoms with van der Waals surface area (Å²) >= 11 is 2.95. The molecular weight excluding hydrogens is 380 g/mol. The molecule has 7 heteroatoms. The highest BCUT2D eigenvalue weighted by Gasteiger charge is 2.14. The fraction of sp³-hybridized carbons (Fsp3) is 0.0500. The van der Waals surface area contributed by atoms with Crippen molar-refractivity contribution in [3.05, 3.63) is 76.7 Å². The van der Waals surface area contributed by atoms with Crippen molar-refractivity contribution in [2.75, 3.05) is 0 Å². The molecule has 0 spiro atoms. The Kier molecular flexibility index (Phi) is 4.70. The normalized spacial score (nSPS) is 10.8. The molecule has 0 fully saturated rings. The largest absolute Gasteiger partial charge is 0.457 e. The van der Waals surface area contributed by atoms with Crippen LogP contribution >= 0.6 is 22.7 Å². The number of rotatable bonds is 5. The van der Waals surface area contributed by atoms with Gasteiger partial charge in [0.1, 0.15) is 16.5 Å². The SMILES string of the molecule is NC(=O)c1cccc(COC(=O)c2ccc(-c3nc4ccccc4s3)s2)c1. The van der Waals surface area contributed by atoms with E-state index in [4.69, 9.17) is 10.5 Å². The number of primary amides is 1. The summed E-state index contributed by atoms with van der Waals surface area (Å²) in [6, 6.07) is 18.3. The zero-order valence-corrected chi connectivity index (χ0v) is 15.7. The molecule has 2 aromatic heterocycles. The number of ether oxygens (including phenoxy) is 1. The van der Waals surface area contributed by atoms with Crippen LogP contribution in [-0.2, 0) is 11.3 Å². The second-order valence-electron chi connectivity index (χ2n) is 5.79. The quantitative estimate of drug-likeness (QED) is 0.506. The second kappa shape index (κ2) is 7.30. The zero-order valence-electron chi connectivity index (χ0n) is 14.0. The van der Waals surface area contributed by atoms with Crippen LogP contribution < -0.4 is 5.73 Å². The van der Waals surface area contributed by atoms with Crippen molar-refractivity contribution in [2.45, 2.75) is 6.61 Å². The Morgan fingerprint density at radius 1 is 1.00 bits per heavy atom. The summed E-state index contributed by atoms with van der Waals surface area (Å²) in [6.45, 7) is 0.0777. The van der Waals surface area contributed by atoms with Crippen molar-refractivity contribution < 1.29 is 14.3 Å². The Morgan fingerprint density at radius 3 is 2.67 bits per heavy atom. The number of hydrogen-bond acceptors (Lipinski definition) is 6. The topological polar surface area (TPSA) is 82.3 Å². The van der Waals surface area contributed by atoms with Gasteiger partial charge in [-0.3, -0.25) is 4.79 Å². The molecule has 0 bridgehead atoms. The molecule has 0 aliphatic rings. The van der Waals surface area contributed by atoms with Gasteiger partial charge in [-0.05, 0) is 42.0 Å². The molecule has 2 N–H and O–H groups in total. The first kappa shape index (κ1) is 17.4. The number of amides is 1. The van der Waals surface area contributed by atoms with E-state index < -0.39 is 11.9 Å². The standard InChI is InChI=1S/C20H14N2O3S2/c21-18(23)13-5-3-4-12(10-13)11-25-20(24)17-9-8-16(26-17)19-22-14-6-1-2-7-15(14)27-19/h1-10H,11H2,(H2,21,23). The minimum atomic E-state index is -0.512. The molecule has 27 heavy (non-hydrogen) atoms. The fourth-order valence-corrected chi connectivity index (χ4v) is 4.49. The number of carbonyl (C=O) groups is 2. The Morgan fingerprint density at radius 2 is 1.85 bits per heavy atom. The Balaban J connectivity index is 1.47. The summed E-state index contributed by atoms with van der Waals surface area (Å²) in [6.07, 6.45) is 0. The first-order chi connectivity index (χ1) is 13.1. The molecule has 2 aromatic carbocycles. The molecule has 1 amide bonds. The highest BCUT2D eigenvalue weighted by Crippen LogP contribution is 2.34. The van der Waals surface area contributed by atoms with Crippen LogP contribution in [0, 0.1) is 0 Å². The van der Waals surface area contributed by atoms with Gasteiger partial charge >= 0.3 is 5.97 Å². The van der Waals surface area contributed by atoms with Gasteiger partial charge in [0.2, 0.25) is 5.91 Å². The molecule has 0 saturated heterocycles. The van der Waals surface area contributed by atoms with Gasteiger partial charge in [0.25, 0.3) is 0 Å². The summed E-state index contributed by atoms with van der Waals surface area (Å²) in [5, 5.41) is 0.884. The van der Waals surface area contributed by atoms with Gasteiger partial charge in [0, 0.05) is 5.56 Å². The molecule has 5 nitrogen and oxygen atoms in total. The van der Waals surface area contributed by atoms with Gasteiger partial charge in [0.15, 0.2) is 0 Å². The smallest absolute Gasteiger partial charge is 0.348 e. The molecule has 0 saturated carbocycles. The van der Waals surface area contributed by atoms with Crippen molar-refractivity contribution in [1.82, 2.24) is 4.98 Å². The predicted octanol–water partition coefficient (Wildman–Crippen LogP) is 4.48. The van der Waals surface area contributed by atoms with Crippen LogP contribution in [0.5, 0.6) is 0 Å². The second-order valence-corrected chi connectivity index (χ2v) is 7.91. The van der Waals surface area contributed by atoms with Crippen LogP contribution in [0.2, 0.25) is 0 Å². The predicted molar refractivity (Wildman–Crippen MR) is 107 cm³/mol. The number of thiophene rings is 1. The molecule has 0 atom stereocenters. The van der Waals surface area contributed by atoms with Gasteiger partial charge < -0.3 is 10.5 Å². The van der Waals surface area contributed by atoms with Crippen molar-refractivity contribution in [3.8, 4) is 9.88 Å². The van der Waals surface area contributed by atoms with Crippen LogP contribution in [0.15, 0.2) is 60.7 Å². The molecule has 2 heterocycles. The molecular formula is C20H14N2O3S2. The van der Waals surface area contributed by atoms with Crippen molar-refractivity contribution >= 4 is 44.8 Å².